The highest BCUT2D eigenvalue weighted by molar-refractivity contribution is 5.73. The van der Waals surface area contributed by atoms with E-state index in [-0.39, 0.29) is 0 Å². The maximum atomic E-state index is 11.3. The Bertz CT molecular complexity index is 256. The van der Waals surface area contributed by atoms with E-state index >= 15 is 0 Å². The van der Waals surface area contributed by atoms with E-state index in [0.29, 0.717) is 0 Å². The Labute approximate surface area is 80.7 Å². The molecule has 0 amide bonds. The Balaban J connectivity index is 2.89. The van der Waals surface area contributed by atoms with Crippen LogP contribution in [0, 0.1) is 16.0 Å². The highest BCUT2D eigenvalue weighted by Crippen LogP contribution is 2.27. The lowest BCUT2D eigenvalue weighted by Crippen LogP contribution is -2.41. The Morgan fingerprint density at radius 1 is 1.64 bits per heavy atom. The van der Waals surface area contributed by atoms with Crippen LogP contribution in [0.2, 0.25) is 0 Å². The summed E-state index contributed by atoms with van der Waals surface area (Å²) in [5.41, 5.74) is 0. The van der Waals surface area contributed by atoms with Crippen molar-refractivity contribution in [2.75, 3.05) is 14.2 Å². The molecule has 7 nitrogen and oxygen atoms in total. The number of carbonyl (C=O) groups is 1. The summed E-state index contributed by atoms with van der Waals surface area (Å²) in [5, 5.41) is 11.7. The first-order valence-electron chi connectivity index (χ1n) is 4.10. The summed E-state index contributed by atoms with van der Waals surface area (Å²) in [7, 11) is 2.62. The number of esters is 1. The summed E-state index contributed by atoms with van der Waals surface area (Å²) >= 11 is 0. The fourth-order valence-corrected chi connectivity index (χ4v) is 1.57. The molecule has 0 aromatic rings. The predicted molar refractivity (Wildman–Crippen MR) is 44.6 cm³/mol. The highest BCUT2D eigenvalue weighted by Gasteiger charge is 2.52. The first-order valence-corrected chi connectivity index (χ1v) is 4.10. The summed E-state index contributed by atoms with van der Waals surface area (Å²) in [6.45, 7) is 1.60. The molecule has 14 heavy (non-hydrogen) atoms. The molecule has 0 spiro atoms. The molecule has 0 aliphatic carbocycles. The fourth-order valence-electron chi connectivity index (χ4n) is 1.57. The van der Waals surface area contributed by atoms with Gasteiger partial charge in [-0.05, 0) is 6.92 Å². The lowest BCUT2D eigenvalue weighted by atomic mass is 10.0. The minimum absolute atomic E-state index is 0.539. The largest absolute Gasteiger partial charge is 0.468 e. The number of nitrogens with zero attached hydrogens (tertiary/aromatic N) is 2. The number of hydroxylamine groups is 2. The van der Waals surface area contributed by atoms with Crippen molar-refractivity contribution in [3.05, 3.63) is 10.1 Å². The first kappa shape index (κ1) is 10.9. The number of carbonyl (C=O) groups excluding carboxylic acids is 1. The highest BCUT2D eigenvalue weighted by atomic mass is 16.7. The van der Waals surface area contributed by atoms with E-state index in [1.54, 1.807) is 6.92 Å². The van der Waals surface area contributed by atoms with E-state index < -0.39 is 29.1 Å². The molecule has 1 heterocycles. The summed E-state index contributed by atoms with van der Waals surface area (Å²) in [4.78, 5) is 26.4. The maximum absolute atomic E-state index is 11.3. The molecule has 0 aromatic carbocycles. The third-order valence-corrected chi connectivity index (χ3v) is 2.22. The van der Waals surface area contributed by atoms with Gasteiger partial charge in [-0.25, -0.2) is 0 Å². The van der Waals surface area contributed by atoms with Crippen LogP contribution in [-0.2, 0) is 14.4 Å². The van der Waals surface area contributed by atoms with E-state index in [9.17, 15) is 14.9 Å². The van der Waals surface area contributed by atoms with Crippen molar-refractivity contribution in [3.8, 4) is 0 Å². The second kappa shape index (κ2) is 3.89. The second-order valence-corrected chi connectivity index (χ2v) is 3.10. The van der Waals surface area contributed by atoms with E-state index in [0.717, 1.165) is 5.06 Å². The van der Waals surface area contributed by atoms with Crippen molar-refractivity contribution in [2.24, 2.45) is 5.92 Å². The predicted octanol–water partition coefficient (Wildman–Crippen LogP) is -0.356. The summed E-state index contributed by atoms with van der Waals surface area (Å²) < 4.78 is 4.48. The SMILES string of the molecule is COC(=O)[C@H]1[C@@H]([N+](=O)[O-])N(C)O[C@@H]1C. The Morgan fingerprint density at radius 2 is 2.21 bits per heavy atom. The molecule has 0 saturated carbocycles. The topological polar surface area (TPSA) is 81.9 Å². The van der Waals surface area contributed by atoms with Gasteiger partial charge in [0.15, 0.2) is 5.92 Å². The van der Waals surface area contributed by atoms with Crippen molar-refractivity contribution in [3.63, 3.8) is 0 Å². The molecule has 7 heteroatoms. The van der Waals surface area contributed by atoms with Gasteiger partial charge in [0.25, 0.3) is 0 Å². The van der Waals surface area contributed by atoms with Gasteiger partial charge in [-0.1, -0.05) is 0 Å². The number of rotatable bonds is 2. The van der Waals surface area contributed by atoms with E-state index in [1.807, 2.05) is 0 Å². The van der Waals surface area contributed by atoms with Crippen molar-refractivity contribution in [1.29, 1.82) is 0 Å². The molecule has 3 atom stereocenters. The minimum atomic E-state index is -1.17. The van der Waals surface area contributed by atoms with E-state index in [4.69, 9.17) is 4.84 Å². The first-order chi connectivity index (χ1) is 6.49. The van der Waals surface area contributed by atoms with Gasteiger partial charge in [0, 0.05) is 12.0 Å². The van der Waals surface area contributed by atoms with Crippen LogP contribution in [-0.4, -0.2) is 42.4 Å². The standard InChI is InChI=1S/C7H12N2O5/c1-4-5(7(10)13-3)6(9(11)12)8(2)14-4/h4-6H,1-3H3/t4-,5-,6-/m1/s1. The lowest BCUT2D eigenvalue weighted by molar-refractivity contribution is -0.563. The fraction of sp³-hybridized carbons (Fsp3) is 0.857. The van der Waals surface area contributed by atoms with E-state index in [1.165, 1.54) is 14.2 Å². The van der Waals surface area contributed by atoms with Gasteiger partial charge in [-0.3, -0.25) is 19.7 Å². The molecule has 1 rings (SSSR count). The minimum Gasteiger partial charge on any atom is -0.468 e. The van der Waals surface area contributed by atoms with Crippen LogP contribution >= 0.6 is 0 Å². The van der Waals surface area contributed by atoms with Gasteiger partial charge < -0.3 is 4.74 Å². The van der Waals surface area contributed by atoms with Crippen molar-refractivity contribution < 1.29 is 19.3 Å². The average Bonchev–Trinajstić information content (AvgIpc) is 2.39. The van der Waals surface area contributed by atoms with Crippen LogP contribution in [0.1, 0.15) is 6.92 Å². The molecule has 0 bridgehead atoms. The van der Waals surface area contributed by atoms with Gasteiger partial charge in [0.05, 0.1) is 13.2 Å². The monoisotopic (exact) mass is 204 g/mol. The number of nitro groups is 1. The van der Waals surface area contributed by atoms with Crippen molar-refractivity contribution in [2.45, 2.75) is 19.2 Å². The third-order valence-electron chi connectivity index (χ3n) is 2.22. The van der Waals surface area contributed by atoms with Gasteiger partial charge in [0.1, 0.15) is 0 Å². The van der Waals surface area contributed by atoms with E-state index in [2.05, 4.69) is 4.74 Å². The zero-order chi connectivity index (χ0) is 10.9. The van der Waals surface area contributed by atoms with Gasteiger partial charge in [-0.15, -0.1) is 5.06 Å². The third kappa shape index (κ3) is 1.68. The Kier molecular flexibility index (Phi) is 3.02. The average molecular weight is 204 g/mol. The molecule has 80 valence electrons. The molecular weight excluding hydrogens is 192 g/mol. The van der Waals surface area contributed by atoms with Gasteiger partial charge in [-0.2, -0.15) is 0 Å². The smallest absolute Gasteiger partial charge is 0.320 e. The number of methoxy groups -OCH3 is 1. The summed E-state index contributed by atoms with van der Waals surface area (Å²) in [6, 6.07) is 0. The quantitative estimate of drug-likeness (QED) is 0.347. The number of ether oxygens (including phenoxy) is 1. The Morgan fingerprint density at radius 3 is 2.64 bits per heavy atom. The summed E-state index contributed by atoms with van der Waals surface area (Å²) in [5.74, 6) is -1.50. The molecule has 1 aliphatic rings. The summed E-state index contributed by atoms with van der Waals surface area (Å²) in [6.07, 6.45) is -1.71. The van der Waals surface area contributed by atoms with Crippen LogP contribution in [0.5, 0.6) is 0 Å². The van der Waals surface area contributed by atoms with Crippen LogP contribution < -0.4 is 0 Å². The van der Waals surface area contributed by atoms with Gasteiger partial charge in [0.2, 0.25) is 0 Å². The normalized spacial score (nSPS) is 32.9. The maximum Gasteiger partial charge on any atom is 0.320 e. The van der Waals surface area contributed by atoms with Crippen LogP contribution in [0.4, 0.5) is 0 Å². The molecule has 0 unspecified atom stereocenters. The van der Waals surface area contributed by atoms with Gasteiger partial charge >= 0.3 is 12.1 Å². The zero-order valence-electron chi connectivity index (χ0n) is 8.17. The van der Waals surface area contributed by atoms with Crippen LogP contribution in [0.25, 0.3) is 0 Å². The van der Waals surface area contributed by atoms with Crippen LogP contribution in [0.15, 0.2) is 0 Å². The number of hydrogen-bond acceptors (Lipinski definition) is 6. The molecule has 0 N–H and O–H groups in total. The second-order valence-electron chi connectivity index (χ2n) is 3.10. The zero-order valence-corrected chi connectivity index (χ0v) is 8.17. The van der Waals surface area contributed by atoms with Crippen LogP contribution in [0.3, 0.4) is 0 Å². The molecular formula is C7H12N2O5. The molecule has 0 radical (unpaired) electrons. The lowest BCUT2D eigenvalue weighted by Gasteiger charge is -2.12. The number of hydrogen-bond donors (Lipinski definition) is 0. The molecule has 1 saturated heterocycles. The van der Waals surface area contributed by atoms with Crippen molar-refractivity contribution >= 4 is 5.97 Å². The molecule has 1 fully saturated rings. The molecule has 0 aromatic heterocycles. The van der Waals surface area contributed by atoms with Crippen molar-refractivity contribution in [1.82, 2.24) is 5.06 Å². The molecule has 1 aliphatic heterocycles. The Hall–Kier alpha value is -1.21.